The number of carbonyl (C=O) groups excluding carboxylic acids is 2. The van der Waals surface area contributed by atoms with Crippen LogP contribution in [0.25, 0.3) is 0 Å². The number of rotatable bonds is 2. The predicted molar refractivity (Wildman–Crippen MR) is 109 cm³/mol. The summed E-state index contributed by atoms with van der Waals surface area (Å²) in [6.45, 7) is 5.92. The molecule has 1 N–H and O–H groups in total. The van der Waals surface area contributed by atoms with Crippen LogP contribution in [0.2, 0.25) is 0 Å². The fourth-order valence-corrected chi connectivity index (χ4v) is 4.06. The van der Waals surface area contributed by atoms with E-state index < -0.39 is 0 Å². The van der Waals surface area contributed by atoms with E-state index in [-0.39, 0.29) is 17.9 Å². The van der Waals surface area contributed by atoms with Gasteiger partial charge in [-0.1, -0.05) is 0 Å². The lowest BCUT2D eigenvalue weighted by molar-refractivity contribution is -0.138. The molecule has 2 saturated heterocycles. The molecule has 8 heteroatoms. The van der Waals surface area contributed by atoms with Gasteiger partial charge in [-0.2, -0.15) is 0 Å². The van der Waals surface area contributed by atoms with Gasteiger partial charge >= 0.3 is 6.03 Å². The summed E-state index contributed by atoms with van der Waals surface area (Å²) < 4.78 is 11.3. The molecule has 2 fully saturated rings. The second-order valence-electron chi connectivity index (χ2n) is 8.03. The fourth-order valence-electron chi connectivity index (χ4n) is 4.06. The summed E-state index contributed by atoms with van der Waals surface area (Å²) in [7, 11) is 2.09. The van der Waals surface area contributed by atoms with E-state index in [0.29, 0.717) is 43.5 Å². The first-order chi connectivity index (χ1) is 14.1. The molecular weight excluding hydrogens is 372 g/mol. The van der Waals surface area contributed by atoms with Crippen molar-refractivity contribution in [1.82, 2.24) is 14.7 Å². The molecule has 0 radical (unpaired) electrons. The Bertz CT molecular complexity index is 740. The van der Waals surface area contributed by atoms with Crippen LogP contribution in [0.15, 0.2) is 18.2 Å². The normalized spacial score (nSPS) is 20.9. The van der Waals surface area contributed by atoms with Crippen molar-refractivity contribution in [2.24, 2.45) is 5.92 Å². The maximum absolute atomic E-state index is 12.8. The molecule has 0 aromatic heterocycles. The number of nitrogens with zero attached hydrogens (tertiary/aromatic N) is 3. The van der Waals surface area contributed by atoms with E-state index >= 15 is 0 Å². The Morgan fingerprint density at radius 2 is 1.62 bits per heavy atom. The zero-order chi connectivity index (χ0) is 20.2. The molecule has 0 spiro atoms. The van der Waals surface area contributed by atoms with Crippen LogP contribution in [0.4, 0.5) is 10.5 Å². The number of hydrogen-bond donors (Lipinski definition) is 1. The third-order valence-electron chi connectivity index (χ3n) is 5.95. The summed E-state index contributed by atoms with van der Waals surface area (Å²) in [6, 6.07) is 5.33. The topological polar surface area (TPSA) is 74.4 Å². The highest BCUT2D eigenvalue weighted by Gasteiger charge is 2.31. The van der Waals surface area contributed by atoms with Crippen LogP contribution in [0.1, 0.15) is 19.3 Å². The van der Waals surface area contributed by atoms with Gasteiger partial charge in [0.1, 0.15) is 0 Å². The molecule has 0 aliphatic carbocycles. The quantitative estimate of drug-likeness (QED) is 0.818. The summed E-state index contributed by atoms with van der Waals surface area (Å²) in [5, 5.41) is 2.95. The Labute approximate surface area is 171 Å². The highest BCUT2D eigenvalue weighted by molar-refractivity contribution is 5.90. The SMILES string of the molecule is CN1CCN(C(=O)C2CCN(C(=O)Nc3ccc4c(c3)OCCCO4)CC2)CC1. The van der Waals surface area contributed by atoms with Gasteiger partial charge in [-0.25, -0.2) is 4.79 Å². The number of amides is 3. The second-order valence-corrected chi connectivity index (χ2v) is 8.03. The molecule has 4 rings (SSSR count). The molecule has 0 bridgehead atoms. The number of ether oxygens (including phenoxy) is 2. The van der Waals surface area contributed by atoms with Crippen molar-refractivity contribution < 1.29 is 19.1 Å². The van der Waals surface area contributed by atoms with E-state index in [2.05, 4.69) is 17.3 Å². The van der Waals surface area contributed by atoms with Gasteiger partial charge in [0.15, 0.2) is 11.5 Å². The summed E-state index contributed by atoms with van der Waals surface area (Å²) in [6.07, 6.45) is 2.29. The van der Waals surface area contributed by atoms with Gasteiger partial charge in [0.2, 0.25) is 5.91 Å². The van der Waals surface area contributed by atoms with Crippen LogP contribution in [0, 0.1) is 5.92 Å². The van der Waals surface area contributed by atoms with Gasteiger partial charge in [0, 0.05) is 63.4 Å². The second kappa shape index (κ2) is 8.90. The largest absolute Gasteiger partial charge is 0.490 e. The number of benzene rings is 1. The van der Waals surface area contributed by atoms with Crippen molar-refractivity contribution in [3.05, 3.63) is 18.2 Å². The maximum atomic E-state index is 12.8. The van der Waals surface area contributed by atoms with Crippen molar-refractivity contribution in [2.75, 3.05) is 64.8 Å². The van der Waals surface area contributed by atoms with E-state index in [1.54, 1.807) is 4.90 Å². The van der Waals surface area contributed by atoms with E-state index in [1.807, 2.05) is 23.1 Å². The minimum absolute atomic E-state index is 0.0282. The summed E-state index contributed by atoms with van der Waals surface area (Å²) >= 11 is 0. The van der Waals surface area contributed by atoms with Crippen LogP contribution in [-0.4, -0.2) is 86.2 Å². The lowest BCUT2D eigenvalue weighted by Gasteiger charge is -2.37. The van der Waals surface area contributed by atoms with Gasteiger partial charge < -0.3 is 29.5 Å². The lowest BCUT2D eigenvalue weighted by Crippen LogP contribution is -2.51. The number of piperazine rings is 1. The highest BCUT2D eigenvalue weighted by atomic mass is 16.5. The van der Waals surface area contributed by atoms with Gasteiger partial charge in [0.25, 0.3) is 0 Å². The number of carbonyl (C=O) groups is 2. The monoisotopic (exact) mass is 402 g/mol. The maximum Gasteiger partial charge on any atom is 0.321 e. The van der Waals surface area contributed by atoms with Gasteiger partial charge in [0.05, 0.1) is 13.2 Å². The Balaban J connectivity index is 1.28. The van der Waals surface area contributed by atoms with Crippen LogP contribution >= 0.6 is 0 Å². The van der Waals surface area contributed by atoms with Crippen LogP contribution in [0.5, 0.6) is 11.5 Å². The molecule has 0 unspecified atom stereocenters. The van der Waals surface area contributed by atoms with Gasteiger partial charge in [-0.05, 0) is 32.0 Å². The summed E-state index contributed by atoms with van der Waals surface area (Å²) in [5.41, 5.74) is 0.690. The highest BCUT2D eigenvalue weighted by Crippen LogP contribution is 2.32. The molecule has 3 heterocycles. The Kier molecular flexibility index (Phi) is 6.08. The number of likely N-dealkylation sites (N-methyl/N-ethyl adjacent to an activating group) is 1. The Morgan fingerprint density at radius 3 is 2.34 bits per heavy atom. The van der Waals surface area contributed by atoms with Crippen LogP contribution in [-0.2, 0) is 4.79 Å². The number of anilines is 1. The number of likely N-dealkylation sites (tertiary alicyclic amines) is 1. The first-order valence-corrected chi connectivity index (χ1v) is 10.5. The van der Waals surface area contributed by atoms with Crippen LogP contribution < -0.4 is 14.8 Å². The summed E-state index contributed by atoms with van der Waals surface area (Å²) in [4.78, 5) is 31.4. The number of nitrogens with one attached hydrogen (secondary N) is 1. The molecule has 0 atom stereocenters. The van der Waals surface area contributed by atoms with Gasteiger partial charge in [-0.15, -0.1) is 0 Å². The molecule has 3 amide bonds. The van der Waals surface area contributed by atoms with Crippen molar-refractivity contribution in [2.45, 2.75) is 19.3 Å². The van der Waals surface area contributed by atoms with Crippen molar-refractivity contribution in [1.29, 1.82) is 0 Å². The fraction of sp³-hybridized carbons (Fsp3) is 0.619. The predicted octanol–water partition coefficient (Wildman–Crippen LogP) is 1.87. The molecule has 29 heavy (non-hydrogen) atoms. The molecular formula is C21H30N4O4. The number of fused-ring (bicyclic) bond motifs is 1. The minimum atomic E-state index is -0.134. The van der Waals surface area contributed by atoms with E-state index in [1.165, 1.54) is 0 Å². The third kappa shape index (κ3) is 4.75. The minimum Gasteiger partial charge on any atom is -0.490 e. The molecule has 0 saturated carbocycles. The average Bonchev–Trinajstić information content (AvgIpc) is 2.99. The zero-order valence-electron chi connectivity index (χ0n) is 17.1. The van der Waals surface area contributed by atoms with E-state index in [4.69, 9.17) is 9.47 Å². The standard InChI is InChI=1S/C21H30N4O4/c1-23-9-11-24(12-10-23)20(26)16-5-7-25(8-6-16)21(27)22-17-3-4-18-19(15-17)29-14-2-13-28-18/h3-4,15-16H,2,5-14H2,1H3,(H,22,27). The first-order valence-electron chi connectivity index (χ1n) is 10.5. The third-order valence-corrected chi connectivity index (χ3v) is 5.95. The number of piperidine rings is 1. The van der Waals surface area contributed by atoms with Crippen molar-refractivity contribution >= 4 is 17.6 Å². The number of hydrogen-bond acceptors (Lipinski definition) is 5. The van der Waals surface area contributed by atoms with Gasteiger partial charge in [-0.3, -0.25) is 4.79 Å². The van der Waals surface area contributed by atoms with Crippen molar-refractivity contribution in [3.63, 3.8) is 0 Å². The molecule has 1 aromatic rings. The molecule has 158 valence electrons. The average molecular weight is 402 g/mol. The molecule has 3 aliphatic heterocycles. The molecule has 1 aromatic carbocycles. The smallest absolute Gasteiger partial charge is 0.321 e. The first kappa shape index (κ1) is 19.8. The van der Waals surface area contributed by atoms with E-state index in [0.717, 1.165) is 45.4 Å². The summed E-state index contributed by atoms with van der Waals surface area (Å²) in [5.74, 6) is 1.65. The Hall–Kier alpha value is -2.48. The van der Waals surface area contributed by atoms with Crippen LogP contribution in [0.3, 0.4) is 0 Å². The molecule has 3 aliphatic rings. The molecule has 8 nitrogen and oxygen atoms in total. The Morgan fingerprint density at radius 1 is 0.931 bits per heavy atom. The zero-order valence-corrected chi connectivity index (χ0v) is 17.1. The lowest BCUT2D eigenvalue weighted by atomic mass is 9.95. The van der Waals surface area contributed by atoms with Crippen molar-refractivity contribution in [3.8, 4) is 11.5 Å². The number of urea groups is 1. The van der Waals surface area contributed by atoms with E-state index in [9.17, 15) is 9.59 Å².